The minimum atomic E-state index is -0.419. The molecule has 1 saturated carbocycles. The van der Waals surface area contributed by atoms with Crippen LogP contribution in [-0.4, -0.2) is 18.5 Å². The molecule has 1 amide bonds. The summed E-state index contributed by atoms with van der Waals surface area (Å²) in [5.74, 6) is -0.863. The van der Waals surface area contributed by atoms with Crippen molar-refractivity contribution in [2.45, 2.75) is 25.7 Å². The lowest BCUT2D eigenvalue weighted by Gasteiger charge is -2.07. The van der Waals surface area contributed by atoms with Gasteiger partial charge in [0.1, 0.15) is 10.8 Å². The van der Waals surface area contributed by atoms with Crippen molar-refractivity contribution in [3.8, 4) is 0 Å². The summed E-state index contributed by atoms with van der Waals surface area (Å²) in [7, 11) is 0. The van der Waals surface area contributed by atoms with Crippen molar-refractivity contribution < 1.29 is 18.7 Å². The Balaban J connectivity index is 1.77. The fraction of sp³-hybridized carbons (Fsp3) is 0.263. The molecule has 0 unspecified atom stereocenters. The molecule has 0 spiro atoms. The summed E-state index contributed by atoms with van der Waals surface area (Å²) in [6.45, 7) is 2.02. The Morgan fingerprint density at radius 3 is 2.80 bits per heavy atom. The van der Waals surface area contributed by atoms with Crippen molar-refractivity contribution in [3.05, 3.63) is 58.2 Å². The highest BCUT2D eigenvalue weighted by Gasteiger charge is 2.32. The first-order valence-corrected chi connectivity index (χ1v) is 9.00. The van der Waals surface area contributed by atoms with Crippen LogP contribution in [0.5, 0.6) is 0 Å². The minimum Gasteiger partial charge on any atom is -0.462 e. The first-order chi connectivity index (χ1) is 12.1. The normalized spacial score (nSPS) is 13.8. The van der Waals surface area contributed by atoms with Crippen LogP contribution in [-0.2, 0) is 9.53 Å². The number of thiophene rings is 1. The maximum Gasteiger partial charge on any atom is 0.341 e. The molecule has 1 fully saturated rings. The number of carbonyl (C=O) groups excluding carboxylic acids is 2. The lowest BCUT2D eigenvalue weighted by atomic mass is 10.1. The van der Waals surface area contributed by atoms with E-state index in [-0.39, 0.29) is 6.61 Å². The molecule has 1 heterocycles. The maximum absolute atomic E-state index is 13.6. The summed E-state index contributed by atoms with van der Waals surface area (Å²) in [5.41, 5.74) is 1.71. The zero-order chi connectivity index (χ0) is 17.8. The van der Waals surface area contributed by atoms with Crippen molar-refractivity contribution in [1.82, 2.24) is 0 Å². The van der Waals surface area contributed by atoms with Gasteiger partial charge in [0.2, 0.25) is 5.91 Å². The van der Waals surface area contributed by atoms with E-state index in [0.29, 0.717) is 22.0 Å². The van der Waals surface area contributed by atoms with Gasteiger partial charge in [0.05, 0.1) is 12.2 Å². The number of nitrogens with one attached hydrogen (secondary N) is 1. The van der Waals surface area contributed by atoms with Gasteiger partial charge in [0, 0.05) is 11.6 Å². The second-order valence-electron chi connectivity index (χ2n) is 5.73. The average Bonchev–Trinajstić information content (AvgIpc) is 3.35. The molecular formula is C19H18FNO3S. The van der Waals surface area contributed by atoms with Crippen LogP contribution in [0, 0.1) is 5.82 Å². The topological polar surface area (TPSA) is 55.4 Å². The van der Waals surface area contributed by atoms with Crippen LogP contribution >= 0.6 is 11.3 Å². The van der Waals surface area contributed by atoms with Gasteiger partial charge in [-0.2, -0.15) is 0 Å². The first kappa shape index (κ1) is 17.4. The van der Waals surface area contributed by atoms with Crippen LogP contribution in [0.2, 0.25) is 0 Å². The molecule has 4 nitrogen and oxygen atoms in total. The Hall–Kier alpha value is -2.47. The van der Waals surface area contributed by atoms with Crippen LogP contribution in [0.3, 0.4) is 0 Å². The third-order valence-electron chi connectivity index (χ3n) is 3.87. The zero-order valence-corrected chi connectivity index (χ0v) is 14.6. The van der Waals surface area contributed by atoms with E-state index in [1.807, 2.05) is 5.38 Å². The highest BCUT2D eigenvalue weighted by atomic mass is 32.1. The molecule has 130 valence electrons. The van der Waals surface area contributed by atoms with Crippen molar-refractivity contribution in [1.29, 1.82) is 0 Å². The Labute approximate surface area is 149 Å². The van der Waals surface area contributed by atoms with E-state index < -0.39 is 17.7 Å². The fourth-order valence-corrected chi connectivity index (χ4v) is 3.53. The predicted molar refractivity (Wildman–Crippen MR) is 96.3 cm³/mol. The third-order valence-corrected chi connectivity index (χ3v) is 4.79. The largest absolute Gasteiger partial charge is 0.462 e. The summed E-state index contributed by atoms with van der Waals surface area (Å²) >= 11 is 1.31. The molecule has 6 heteroatoms. The molecular weight excluding hydrogens is 341 g/mol. The molecule has 0 aliphatic heterocycles. The van der Waals surface area contributed by atoms with Gasteiger partial charge >= 0.3 is 5.97 Å². The summed E-state index contributed by atoms with van der Waals surface area (Å²) in [4.78, 5) is 24.4. The van der Waals surface area contributed by atoms with Gasteiger partial charge in [-0.1, -0.05) is 18.2 Å². The van der Waals surface area contributed by atoms with Gasteiger partial charge in [-0.05, 0) is 48.8 Å². The van der Waals surface area contributed by atoms with Gasteiger partial charge < -0.3 is 10.1 Å². The Bertz CT molecular complexity index is 824. The number of hydrogen-bond donors (Lipinski definition) is 1. The first-order valence-electron chi connectivity index (χ1n) is 8.12. The molecule has 2 aromatic rings. The van der Waals surface area contributed by atoms with Crippen molar-refractivity contribution in [3.63, 3.8) is 0 Å². The van der Waals surface area contributed by atoms with E-state index in [4.69, 9.17) is 4.74 Å². The summed E-state index contributed by atoms with van der Waals surface area (Å²) in [5, 5.41) is 5.09. The molecule has 1 aliphatic carbocycles. The monoisotopic (exact) mass is 359 g/mol. The molecule has 25 heavy (non-hydrogen) atoms. The predicted octanol–water partition coefficient (Wildman–Crippen LogP) is 4.59. The smallest absolute Gasteiger partial charge is 0.341 e. The quantitative estimate of drug-likeness (QED) is 0.606. The Morgan fingerprint density at radius 1 is 1.36 bits per heavy atom. The Morgan fingerprint density at radius 2 is 2.12 bits per heavy atom. The summed E-state index contributed by atoms with van der Waals surface area (Å²) < 4.78 is 18.7. The van der Waals surface area contributed by atoms with Gasteiger partial charge in [-0.3, -0.25) is 4.79 Å². The van der Waals surface area contributed by atoms with Gasteiger partial charge in [0.25, 0.3) is 0 Å². The SMILES string of the molecule is CCOC(=O)c1c(C2CC2)csc1NC(=O)/C=C/c1ccccc1F. The van der Waals surface area contributed by atoms with Crippen molar-refractivity contribution in [2.24, 2.45) is 0 Å². The second kappa shape index (κ2) is 7.61. The van der Waals surface area contributed by atoms with Gasteiger partial charge in [0.15, 0.2) is 0 Å². The molecule has 0 saturated heterocycles. The number of anilines is 1. The zero-order valence-electron chi connectivity index (χ0n) is 13.8. The number of ether oxygens (including phenoxy) is 1. The molecule has 1 aromatic carbocycles. The number of rotatable bonds is 6. The molecule has 1 aliphatic rings. The fourth-order valence-electron chi connectivity index (χ4n) is 2.50. The van der Waals surface area contributed by atoms with Gasteiger partial charge in [-0.15, -0.1) is 11.3 Å². The van der Waals surface area contributed by atoms with E-state index in [2.05, 4.69) is 5.32 Å². The second-order valence-corrected chi connectivity index (χ2v) is 6.61. The number of benzene rings is 1. The highest BCUT2D eigenvalue weighted by molar-refractivity contribution is 7.15. The minimum absolute atomic E-state index is 0.277. The maximum atomic E-state index is 13.6. The molecule has 3 rings (SSSR count). The van der Waals surface area contributed by atoms with Crippen LogP contribution in [0.4, 0.5) is 9.39 Å². The molecule has 0 radical (unpaired) electrons. The summed E-state index contributed by atoms with van der Waals surface area (Å²) in [6, 6.07) is 6.20. The Kier molecular flexibility index (Phi) is 5.28. The number of esters is 1. The number of halogens is 1. The standard InChI is InChI=1S/C19H18FNO3S/c1-2-24-19(23)17-14(12-7-8-12)11-25-18(17)21-16(22)10-9-13-5-3-4-6-15(13)20/h3-6,9-12H,2,7-8H2,1H3,(H,21,22)/b10-9+. The van der Waals surface area contributed by atoms with E-state index in [9.17, 15) is 14.0 Å². The van der Waals surface area contributed by atoms with E-state index in [1.165, 1.54) is 29.6 Å². The molecule has 0 atom stereocenters. The van der Waals surface area contributed by atoms with Gasteiger partial charge in [-0.25, -0.2) is 9.18 Å². The average molecular weight is 359 g/mol. The van der Waals surface area contributed by atoms with Crippen LogP contribution in [0.25, 0.3) is 6.08 Å². The van der Waals surface area contributed by atoms with E-state index in [1.54, 1.807) is 25.1 Å². The molecule has 1 aromatic heterocycles. The lowest BCUT2D eigenvalue weighted by molar-refractivity contribution is -0.111. The van der Waals surface area contributed by atoms with E-state index in [0.717, 1.165) is 18.4 Å². The molecule has 1 N–H and O–H groups in total. The van der Waals surface area contributed by atoms with Crippen molar-refractivity contribution in [2.75, 3.05) is 11.9 Å². The number of hydrogen-bond acceptors (Lipinski definition) is 4. The van der Waals surface area contributed by atoms with E-state index >= 15 is 0 Å². The highest BCUT2D eigenvalue weighted by Crippen LogP contribution is 2.46. The number of amides is 1. The summed E-state index contributed by atoms with van der Waals surface area (Å²) in [6.07, 6.45) is 4.75. The lowest BCUT2D eigenvalue weighted by Crippen LogP contribution is -2.13. The van der Waals surface area contributed by atoms with Crippen LogP contribution in [0.15, 0.2) is 35.7 Å². The van der Waals surface area contributed by atoms with Crippen LogP contribution in [0.1, 0.15) is 47.2 Å². The third kappa shape index (κ3) is 4.14. The number of carbonyl (C=O) groups is 2. The van der Waals surface area contributed by atoms with Crippen LogP contribution < -0.4 is 5.32 Å². The molecule has 0 bridgehead atoms. The van der Waals surface area contributed by atoms with Crippen molar-refractivity contribution >= 4 is 34.3 Å².